The van der Waals surface area contributed by atoms with Gasteiger partial charge in [-0.3, -0.25) is 4.57 Å². The SMILES string of the molecule is ON=Cc1ccc2c(c1)ncn2-c1cccc(N2CCCC2)c1. The molecule has 0 atom stereocenters. The highest BCUT2D eigenvalue weighted by molar-refractivity contribution is 5.87. The van der Waals surface area contributed by atoms with Crippen LogP contribution in [0.25, 0.3) is 16.7 Å². The minimum atomic E-state index is 0.830. The van der Waals surface area contributed by atoms with E-state index in [0.717, 1.165) is 35.4 Å². The van der Waals surface area contributed by atoms with Crippen LogP contribution < -0.4 is 4.90 Å². The number of anilines is 1. The molecule has 5 nitrogen and oxygen atoms in total. The second kappa shape index (κ2) is 5.76. The predicted octanol–water partition coefficient (Wildman–Crippen LogP) is 3.43. The molecule has 0 spiro atoms. The highest BCUT2D eigenvalue weighted by Crippen LogP contribution is 2.25. The molecular formula is C18H18N4O. The number of aromatic nitrogens is 2. The molecule has 1 aliphatic rings. The van der Waals surface area contributed by atoms with E-state index in [-0.39, 0.29) is 0 Å². The molecule has 1 N–H and O–H groups in total. The van der Waals surface area contributed by atoms with Crippen molar-refractivity contribution in [2.75, 3.05) is 18.0 Å². The van der Waals surface area contributed by atoms with Crippen LogP contribution >= 0.6 is 0 Å². The fourth-order valence-corrected chi connectivity index (χ4v) is 3.20. The molecule has 0 amide bonds. The zero-order valence-electron chi connectivity index (χ0n) is 12.8. The highest BCUT2D eigenvalue weighted by atomic mass is 16.4. The molecule has 0 aliphatic carbocycles. The van der Waals surface area contributed by atoms with Gasteiger partial charge in [0.2, 0.25) is 0 Å². The largest absolute Gasteiger partial charge is 0.411 e. The Hall–Kier alpha value is -2.82. The van der Waals surface area contributed by atoms with Gasteiger partial charge < -0.3 is 10.1 Å². The smallest absolute Gasteiger partial charge is 0.100 e. The van der Waals surface area contributed by atoms with E-state index < -0.39 is 0 Å². The normalized spacial score (nSPS) is 15.0. The molecule has 1 fully saturated rings. The van der Waals surface area contributed by atoms with Gasteiger partial charge in [-0.2, -0.15) is 0 Å². The van der Waals surface area contributed by atoms with Crippen LogP contribution in [0.2, 0.25) is 0 Å². The number of hydrogen-bond acceptors (Lipinski definition) is 4. The molecule has 1 aliphatic heterocycles. The van der Waals surface area contributed by atoms with Crippen LogP contribution in [-0.2, 0) is 0 Å². The van der Waals surface area contributed by atoms with Crippen molar-refractivity contribution in [1.29, 1.82) is 0 Å². The Morgan fingerprint density at radius 1 is 1.04 bits per heavy atom. The summed E-state index contributed by atoms with van der Waals surface area (Å²) in [4.78, 5) is 6.90. The van der Waals surface area contributed by atoms with Crippen LogP contribution in [0.1, 0.15) is 18.4 Å². The fourth-order valence-electron chi connectivity index (χ4n) is 3.20. The van der Waals surface area contributed by atoms with Crippen molar-refractivity contribution in [3.63, 3.8) is 0 Å². The van der Waals surface area contributed by atoms with Crippen molar-refractivity contribution in [3.8, 4) is 5.69 Å². The maximum atomic E-state index is 8.65. The summed E-state index contributed by atoms with van der Waals surface area (Å²) in [7, 11) is 0. The van der Waals surface area contributed by atoms with Gasteiger partial charge in [-0.25, -0.2) is 4.98 Å². The standard InChI is InChI=1S/C18H18N4O/c23-20-12-14-6-7-18-17(10-14)19-13-22(18)16-5-3-4-15(11-16)21-8-1-2-9-21/h3-7,10-13,23H,1-2,8-9H2. The maximum absolute atomic E-state index is 8.65. The Bertz CT molecular complexity index is 862. The first kappa shape index (κ1) is 13.8. The molecule has 0 bridgehead atoms. The molecule has 3 aromatic rings. The average molecular weight is 306 g/mol. The minimum absolute atomic E-state index is 0.830. The third-order valence-corrected chi connectivity index (χ3v) is 4.36. The molecule has 2 heterocycles. The van der Waals surface area contributed by atoms with E-state index >= 15 is 0 Å². The van der Waals surface area contributed by atoms with E-state index in [9.17, 15) is 0 Å². The quantitative estimate of drug-likeness (QED) is 0.458. The second-order valence-corrected chi connectivity index (χ2v) is 5.82. The monoisotopic (exact) mass is 306 g/mol. The molecular weight excluding hydrogens is 288 g/mol. The summed E-state index contributed by atoms with van der Waals surface area (Å²) in [6, 6.07) is 14.4. The van der Waals surface area contributed by atoms with Crippen molar-refractivity contribution in [3.05, 3.63) is 54.4 Å². The zero-order valence-corrected chi connectivity index (χ0v) is 12.8. The van der Waals surface area contributed by atoms with E-state index in [4.69, 9.17) is 5.21 Å². The van der Waals surface area contributed by atoms with Crippen LogP contribution in [0.3, 0.4) is 0 Å². The molecule has 4 rings (SSSR count). The Balaban J connectivity index is 1.75. The Labute approximate surface area is 134 Å². The maximum Gasteiger partial charge on any atom is 0.100 e. The number of nitrogens with zero attached hydrogens (tertiary/aromatic N) is 4. The van der Waals surface area contributed by atoms with Gasteiger partial charge >= 0.3 is 0 Å². The third-order valence-electron chi connectivity index (χ3n) is 4.36. The van der Waals surface area contributed by atoms with Gasteiger partial charge in [-0.1, -0.05) is 17.3 Å². The van der Waals surface area contributed by atoms with E-state index in [1.165, 1.54) is 24.7 Å². The summed E-state index contributed by atoms with van der Waals surface area (Å²) < 4.78 is 2.09. The van der Waals surface area contributed by atoms with Crippen molar-refractivity contribution >= 4 is 22.9 Å². The molecule has 0 saturated carbocycles. The molecule has 116 valence electrons. The zero-order chi connectivity index (χ0) is 15.6. The van der Waals surface area contributed by atoms with E-state index in [2.05, 4.69) is 43.9 Å². The fraction of sp³-hybridized carbons (Fsp3) is 0.222. The van der Waals surface area contributed by atoms with Gasteiger partial charge in [0.05, 0.1) is 17.2 Å². The molecule has 2 aromatic carbocycles. The third kappa shape index (κ3) is 2.54. The Kier molecular flexibility index (Phi) is 3.46. The molecule has 1 aromatic heterocycles. The van der Waals surface area contributed by atoms with Crippen LogP contribution in [0, 0.1) is 0 Å². The van der Waals surface area contributed by atoms with Crippen LogP contribution in [0.4, 0.5) is 5.69 Å². The number of rotatable bonds is 3. The minimum Gasteiger partial charge on any atom is -0.411 e. The lowest BCUT2D eigenvalue weighted by Gasteiger charge is -2.18. The molecule has 1 saturated heterocycles. The molecule has 0 unspecified atom stereocenters. The van der Waals surface area contributed by atoms with Gasteiger partial charge in [0.15, 0.2) is 0 Å². The molecule has 23 heavy (non-hydrogen) atoms. The lowest BCUT2D eigenvalue weighted by molar-refractivity contribution is 0.322. The van der Waals surface area contributed by atoms with Crippen LogP contribution in [-0.4, -0.2) is 34.1 Å². The first-order valence-corrected chi connectivity index (χ1v) is 7.85. The van der Waals surface area contributed by atoms with Crippen molar-refractivity contribution in [1.82, 2.24) is 9.55 Å². The van der Waals surface area contributed by atoms with Gasteiger partial charge in [-0.15, -0.1) is 0 Å². The van der Waals surface area contributed by atoms with E-state index in [1.807, 2.05) is 24.5 Å². The Morgan fingerprint density at radius 3 is 2.70 bits per heavy atom. The van der Waals surface area contributed by atoms with E-state index in [1.54, 1.807) is 0 Å². The number of imidazole rings is 1. The predicted molar refractivity (Wildman–Crippen MR) is 91.9 cm³/mol. The van der Waals surface area contributed by atoms with Crippen molar-refractivity contribution in [2.45, 2.75) is 12.8 Å². The Morgan fingerprint density at radius 2 is 1.87 bits per heavy atom. The van der Waals surface area contributed by atoms with Gasteiger partial charge in [0.25, 0.3) is 0 Å². The van der Waals surface area contributed by atoms with Gasteiger partial charge in [0.1, 0.15) is 6.33 Å². The number of oxime groups is 1. The summed E-state index contributed by atoms with van der Waals surface area (Å²) in [5.74, 6) is 0. The van der Waals surface area contributed by atoms with E-state index in [0.29, 0.717) is 0 Å². The average Bonchev–Trinajstić information content (AvgIpc) is 3.25. The summed E-state index contributed by atoms with van der Waals surface area (Å²) in [5.41, 5.74) is 5.13. The van der Waals surface area contributed by atoms with Crippen molar-refractivity contribution in [2.24, 2.45) is 5.16 Å². The molecule has 5 heteroatoms. The lowest BCUT2D eigenvalue weighted by Crippen LogP contribution is -2.17. The first-order valence-electron chi connectivity index (χ1n) is 7.85. The number of hydrogen-bond donors (Lipinski definition) is 1. The van der Waals surface area contributed by atoms with Gasteiger partial charge in [0, 0.05) is 24.5 Å². The highest BCUT2D eigenvalue weighted by Gasteiger charge is 2.13. The summed E-state index contributed by atoms with van der Waals surface area (Å²) in [5, 5.41) is 11.7. The summed E-state index contributed by atoms with van der Waals surface area (Å²) in [6.07, 6.45) is 5.79. The van der Waals surface area contributed by atoms with Crippen LogP contribution in [0.15, 0.2) is 53.9 Å². The number of benzene rings is 2. The van der Waals surface area contributed by atoms with Crippen LogP contribution in [0.5, 0.6) is 0 Å². The first-order chi connectivity index (χ1) is 11.3. The summed E-state index contributed by atoms with van der Waals surface area (Å²) in [6.45, 7) is 2.27. The molecule has 0 radical (unpaired) electrons. The summed E-state index contributed by atoms with van der Waals surface area (Å²) >= 11 is 0. The second-order valence-electron chi connectivity index (χ2n) is 5.82. The van der Waals surface area contributed by atoms with Crippen molar-refractivity contribution < 1.29 is 5.21 Å². The lowest BCUT2D eigenvalue weighted by atomic mass is 10.2. The van der Waals surface area contributed by atoms with Gasteiger partial charge in [-0.05, 0) is 48.7 Å². The topological polar surface area (TPSA) is 53.7 Å². The number of fused-ring (bicyclic) bond motifs is 1.